The lowest BCUT2D eigenvalue weighted by Crippen LogP contribution is -2.35. The normalized spacial score (nSPS) is 10.0. The van der Waals surface area contributed by atoms with Crippen LogP contribution < -0.4 is 10.6 Å². The largest absolute Gasteiger partial charge is 0.345 e. The van der Waals surface area contributed by atoms with Crippen molar-refractivity contribution in [2.24, 2.45) is 0 Å². The molecule has 2 aromatic rings. The summed E-state index contributed by atoms with van der Waals surface area (Å²) < 4.78 is 0. The molecule has 0 fully saturated rings. The lowest BCUT2D eigenvalue weighted by molar-refractivity contribution is -0.136. The molecule has 3 amide bonds. The predicted molar refractivity (Wildman–Crippen MR) is 96.4 cm³/mol. The molecule has 0 aliphatic heterocycles. The van der Waals surface area contributed by atoms with Crippen molar-refractivity contribution in [2.45, 2.75) is 6.54 Å². The molecule has 0 saturated heterocycles. The van der Waals surface area contributed by atoms with Crippen molar-refractivity contribution >= 4 is 35.0 Å². The number of hydrogen-bond acceptors (Lipinski definition) is 3. The molecular formula is C18H18ClN3O3. The highest BCUT2D eigenvalue weighted by Crippen LogP contribution is 2.16. The third-order valence-electron chi connectivity index (χ3n) is 3.36. The summed E-state index contributed by atoms with van der Waals surface area (Å²) in [6.07, 6.45) is 0. The Labute approximate surface area is 150 Å². The Kier molecular flexibility index (Phi) is 6.14. The summed E-state index contributed by atoms with van der Waals surface area (Å²) in [7, 11) is 3.22. The highest BCUT2D eigenvalue weighted by atomic mass is 35.5. The predicted octanol–water partition coefficient (Wildman–Crippen LogP) is 2.30. The second-order valence-corrected chi connectivity index (χ2v) is 5.95. The number of hydrogen-bond donors (Lipinski definition) is 2. The maximum Gasteiger partial charge on any atom is 0.313 e. The molecule has 130 valence electrons. The Hall–Kier alpha value is -2.86. The van der Waals surface area contributed by atoms with Crippen LogP contribution in [0.5, 0.6) is 0 Å². The molecule has 0 spiro atoms. The SMILES string of the molecule is CN(C)C(=O)c1ccccc1NC(=O)C(=O)NCc1cccc(Cl)c1. The molecule has 0 unspecified atom stereocenters. The van der Waals surface area contributed by atoms with Gasteiger partial charge in [0.2, 0.25) is 0 Å². The van der Waals surface area contributed by atoms with E-state index in [1.807, 2.05) is 0 Å². The Balaban J connectivity index is 2.02. The average Bonchev–Trinajstić information content (AvgIpc) is 2.59. The summed E-state index contributed by atoms with van der Waals surface area (Å²) in [5.74, 6) is -1.91. The van der Waals surface area contributed by atoms with Crippen molar-refractivity contribution in [3.8, 4) is 0 Å². The van der Waals surface area contributed by atoms with E-state index in [-0.39, 0.29) is 18.1 Å². The van der Waals surface area contributed by atoms with Crippen LogP contribution in [0.2, 0.25) is 5.02 Å². The summed E-state index contributed by atoms with van der Waals surface area (Å²) in [5.41, 5.74) is 1.37. The summed E-state index contributed by atoms with van der Waals surface area (Å²) >= 11 is 5.87. The standard InChI is InChI=1S/C18H18ClN3O3/c1-22(2)18(25)14-8-3-4-9-15(14)21-17(24)16(23)20-11-12-6-5-7-13(19)10-12/h3-10H,11H2,1-2H3,(H,20,23)(H,21,24). The van der Waals surface area contributed by atoms with E-state index < -0.39 is 11.8 Å². The highest BCUT2D eigenvalue weighted by Gasteiger charge is 2.18. The fourth-order valence-corrected chi connectivity index (χ4v) is 2.32. The van der Waals surface area contributed by atoms with Gasteiger partial charge >= 0.3 is 11.8 Å². The van der Waals surface area contributed by atoms with Crippen LogP contribution in [0.1, 0.15) is 15.9 Å². The lowest BCUT2D eigenvalue weighted by atomic mass is 10.1. The zero-order chi connectivity index (χ0) is 18.4. The first-order valence-corrected chi connectivity index (χ1v) is 7.90. The van der Waals surface area contributed by atoms with Gasteiger partial charge in [-0.3, -0.25) is 14.4 Å². The van der Waals surface area contributed by atoms with Gasteiger partial charge in [0.1, 0.15) is 0 Å². The molecule has 0 atom stereocenters. The Morgan fingerprint density at radius 2 is 1.72 bits per heavy atom. The smallest absolute Gasteiger partial charge is 0.313 e. The van der Waals surface area contributed by atoms with Crippen LogP contribution in [0.3, 0.4) is 0 Å². The molecule has 0 aliphatic carbocycles. The molecular weight excluding hydrogens is 342 g/mol. The van der Waals surface area contributed by atoms with Crippen LogP contribution in [-0.4, -0.2) is 36.7 Å². The lowest BCUT2D eigenvalue weighted by Gasteiger charge is -2.14. The second-order valence-electron chi connectivity index (χ2n) is 5.51. The first kappa shape index (κ1) is 18.5. The molecule has 0 radical (unpaired) electrons. The molecule has 2 rings (SSSR count). The number of amides is 3. The fraction of sp³-hybridized carbons (Fsp3) is 0.167. The van der Waals surface area contributed by atoms with E-state index in [9.17, 15) is 14.4 Å². The molecule has 25 heavy (non-hydrogen) atoms. The summed E-state index contributed by atoms with van der Waals surface area (Å²) in [5, 5.41) is 5.53. The van der Waals surface area contributed by atoms with Gasteiger partial charge in [-0.2, -0.15) is 0 Å². The van der Waals surface area contributed by atoms with E-state index in [0.29, 0.717) is 10.6 Å². The van der Waals surface area contributed by atoms with E-state index in [1.165, 1.54) is 4.90 Å². The molecule has 0 bridgehead atoms. The average molecular weight is 360 g/mol. The highest BCUT2D eigenvalue weighted by molar-refractivity contribution is 6.40. The topological polar surface area (TPSA) is 78.5 Å². The van der Waals surface area contributed by atoms with Crippen LogP contribution in [-0.2, 0) is 16.1 Å². The van der Waals surface area contributed by atoms with E-state index in [4.69, 9.17) is 11.6 Å². The molecule has 2 N–H and O–H groups in total. The molecule has 0 heterocycles. The molecule has 0 aliphatic rings. The molecule has 0 saturated carbocycles. The van der Waals surface area contributed by atoms with Crippen LogP contribution in [0.4, 0.5) is 5.69 Å². The van der Waals surface area contributed by atoms with Crippen molar-refractivity contribution in [1.29, 1.82) is 0 Å². The number of carbonyl (C=O) groups is 3. The zero-order valence-electron chi connectivity index (χ0n) is 13.9. The van der Waals surface area contributed by atoms with Crippen molar-refractivity contribution < 1.29 is 14.4 Å². The minimum Gasteiger partial charge on any atom is -0.345 e. The van der Waals surface area contributed by atoms with Crippen LogP contribution in [0, 0.1) is 0 Å². The van der Waals surface area contributed by atoms with Crippen LogP contribution in [0.25, 0.3) is 0 Å². The van der Waals surface area contributed by atoms with Crippen LogP contribution in [0.15, 0.2) is 48.5 Å². The van der Waals surface area contributed by atoms with Gasteiger partial charge in [0.05, 0.1) is 11.3 Å². The van der Waals surface area contributed by atoms with Gasteiger partial charge in [-0.05, 0) is 29.8 Å². The third-order valence-corrected chi connectivity index (χ3v) is 3.60. The number of para-hydroxylation sites is 1. The Bertz CT molecular complexity index is 806. The van der Waals surface area contributed by atoms with Gasteiger partial charge in [-0.25, -0.2) is 0 Å². The molecule has 6 nitrogen and oxygen atoms in total. The first-order chi connectivity index (χ1) is 11.9. The molecule has 2 aromatic carbocycles. The van der Waals surface area contributed by atoms with Gasteiger partial charge in [0, 0.05) is 25.7 Å². The second kappa shape index (κ2) is 8.30. The number of rotatable bonds is 4. The van der Waals surface area contributed by atoms with E-state index in [2.05, 4.69) is 10.6 Å². The van der Waals surface area contributed by atoms with Crippen molar-refractivity contribution in [1.82, 2.24) is 10.2 Å². The maximum atomic E-state index is 12.1. The summed E-state index contributed by atoms with van der Waals surface area (Å²) in [6.45, 7) is 0.172. The van der Waals surface area contributed by atoms with Gasteiger partial charge in [-0.1, -0.05) is 35.9 Å². The van der Waals surface area contributed by atoms with E-state index in [1.54, 1.807) is 62.6 Å². The van der Waals surface area contributed by atoms with Crippen molar-refractivity contribution in [3.05, 3.63) is 64.7 Å². The summed E-state index contributed by atoms with van der Waals surface area (Å²) in [6, 6.07) is 13.5. The third kappa shape index (κ3) is 5.06. The van der Waals surface area contributed by atoms with Crippen LogP contribution >= 0.6 is 11.6 Å². The van der Waals surface area contributed by atoms with Gasteiger partial charge in [0.25, 0.3) is 5.91 Å². The monoisotopic (exact) mass is 359 g/mol. The van der Waals surface area contributed by atoms with Crippen molar-refractivity contribution in [3.63, 3.8) is 0 Å². The van der Waals surface area contributed by atoms with E-state index in [0.717, 1.165) is 5.56 Å². The number of nitrogens with zero attached hydrogens (tertiary/aromatic N) is 1. The zero-order valence-corrected chi connectivity index (χ0v) is 14.6. The maximum absolute atomic E-state index is 12.1. The number of nitrogens with one attached hydrogen (secondary N) is 2. The number of carbonyl (C=O) groups excluding carboxylic acids is 3. The van der Waals surface area contributed by atoms with Gasteiger partial charge in [0.15, 0.2) is 0 Å². The minimum atomic E-state index is -0.846. The minimum absolute atomic E-state index is 0.172. The Morgan fingerprint density at radius 1 is 1.00 bits per heavy atom. The first-order valence-electron chi connectivity index (χ1n) is 7.53. The Morgan fingerprint density at radius 3 is 2.40 bits per heavy atom. The number of anilines is 1. The molecule has 7 heteroatoms. The molecule has 0 aromatic heterocycles. The fourth-order valence-electron chi connectivity index (χ4n) is 2.11. The van der Waals surface area contributed by atoms with Gasteiger partial charge < -0.3 is 15.5 Å². The quantitative estimate of drug-likeness (QED) is 0.822. The van der Waals surface area contributed by atoms with Gasteiger partial charge in [-0.15, -0.1) is 0 Å². The summed E-state index contributed by atoms with van der Waals surface area (Å²) in [4.78, 5) is 37.6. The number of benzene rings is 2. The number of halogens is 1. The van der Waals surface area contributed by atoms with Crippen molar-refractivity contribution in [2.75, 3.05) is 19.4 Å². The van der Waals surface area contributed by atoms with E-state index >= 15 is 0 Å².